The van der Waals surface area contributed by atoms with E-state index in [1.54, 1.807) is 0 Å². The van der Waals surface area contributed by atoms with Gasteiger partial charge in [0.1, 0.15) is 17.4 Å². The van der Waals surface area contributed by atoms with Crippen molar-refractivity contribution in [1.29, 1.82) is 5.26 Å². The summed E-state index contributed by atoms with van der Waals surface area (Å²) in [5.74, 6) is 0.443. The molecule has 2 N–H and O–H groups in total. The van der Waals surface area contributed by atoms with Gasteiger partial charge >= 0.3 is 0 Å². The van der Waals surface area contributed by atoms with Crippen LogP contribution < -0.4 is 4.90 Å². The van der Waals surface area contributed by atoms with Crippen molar-refractivity contribution >= 4 is 33.9 Å². The Morgan fingerprint density at radius 1 is 1.17 bits per heavy atom. The van der Waals surface area contributed by atoms with Gasteiger partial charge in [-0.3, -0.25) is 4.90 Å². The van der Waals surface area contributed by atoms with Crippen LogP contribution in [0.25, 0.3) is 16.6 Å². The molecule has 3 aromatic rings. The number of fused-ring (bicyclic) bond motifs is 1. The summed E-state index contributed by atoms with van der Waals surface area (Å²) in [5.41, 5.74) is 2.90. The maximum atomic E-state index is 10.9. The van der Waals surface area contributed by atoms with E-state index in [0.29, 0.717) is 5.82 Å². The number of nitrogens with one attached hydrogen (secondary N) is 1. The van der Waals surface area contributed by atoms with E-state index in [1.165, 1.54) is 0 Å². The summed E-state index contributed by atoms with van der Waals surface area (Å²) in [6.07, 6.45) is 0. The number of aromatic nitrogens is 2. The van der Waals surface area contributed by atoms with Crippen molar-refractivity contribution in [3.8, 4) is 6.07 Å². The highest BCUT2D eigenvalue weighted by Crippen LogP contribution is 2.25. The van der Waals surface area contributed by atoms with Gasteiger partial charge in [-0.1, -0.05) is 29.8 Å². The van der Waals surface area contributed by atoms with Crippen molar-refractivity contribution in [2.45, 2.75) is 13.0 Å². The summed E-state index contributed by atoms with van der Waals surface area (Å²) >= 11 is 6.11. The number of rotatable bonds is 4. The first-order valence-corrected chi connectivity index (χ1v) is 9.97. The number of anilines is 1. The molecule has 0 spiro atoms. The molecule has 0 amide bonds. The molecule has 1 atom stereocenters. The Labute approximate surface area is 174 Å². The van der Waals surface area contributed by atoms with Crippen LogP contribution in [-0.4, -0.2) is 52.2 Å². The zero-order valence-electron chi connectivity index (χ0n) is 16.1. The van der Waals surface area contributed by atoms with Gasteiger partial charge in [0.2, 0.25) is 0 Å². The molecule has 1 aromatic heterocycles. The van der Waals surface area contributed by atoms with E-state index in [-0.39, 0.29) is 17.4 Å². The van der Waals surface area contributed by atoms with E-state index in [1.807, 2.05) is 49.4 Å². The predicted octanol–water partition coefficient (Wildman–Crippen LogP) is 4.22. The fourth-order valence-electron chi connectivity index (χ4n) is 3.72. The van der Waals surface area contributed by atoms with Gasteiger partial charge < -0.3 is 15.0 Å². The molecule has 0 radical (unpaired) electrons. The van der Waals surface area contributed by atoms with Crippen molar-refractivity contribution in [2.75, 3.05) is 31.1 Å². The van der Waals surface area contributed by atoms with Crippen LogP contribution in [0.1, 0.15) is 12.7 Å². The lowest BCUT2D eigenvalue weighted by Gasteiger charge is -2.39. The van der Waals surface area contributed by atoms with Gasteiger partial charge in [0.15, 0.2) is 5.82 Å². The van der Waals surface area contributed by atoms with Crippen LogP contribution in [0.2, 0.25) is 5.02 Å². The molecule has 148 valence electrons. The lowest BCUT2D eigenvalue weighted by molar-refractivity contribution is 0.178. The quantitative estimate of drug-likeness (QED) is 0.500. The number of H-pyrrole nitrogens is 1. The van der Waals surface area contributed by atoms with Crippen molar-refractivity contribution in [3.63, 3.8) is 0 Å². The van der Waals surface area contributed by atoms with Gasteiger partial charge in [-0.15, -0.1) is 0 Å². The van der Waals surface area contributed by atoms with Crippen LogP contribution in [0, 0.1) is 11.3 Å². The average molecular weight is 408 g/mol. The third kappa shape index (κ3) is 3.93. The number of aliphatic hydroxyl groups excluding tert-OH is 1. The highest BCUT2D eigenvalue weighted by Gasteiger charge is 2.26. The Balaban J connectivity index is 1.51. The van der Waals surface area contributed by atoms with E-state index < -0.39 is 0 Å². The number of aromatic amines is 1. The fraction of sp³-hybridized carbons (Fsp3) is 0.273. The second-order valence-corrected chi connectivity index (χ2v) is 7.59. The molecule has 2 heterocycles. The maximum absolute atomic E-state index is 10.9. The van der Waals surface area contributed by atoms with Crippen LogP contribution in [0.4, 0.5) is 5.69 Å². The number of aliphatic hydroxyl groups is 1. The third-order valence-electron chi connectivity index (χ3n) is 5.43. The summed E-state index contributed by atoms with van der Waals surface area (Å²) in [4.78, 5) is 12.0. The molecule has 1 aliphatic rings. The zero-order valence-corrected chi connectivity index (χ0v) is 16.9. The Morgan fingerprint density at radius 3 is 2.62 bits per heavy atom. The number of halogens is 1. The number of hydrogen-bond acceptors (Lipinski definition) is 5. The predicted molar refractivity (Wildman–Crippen MR) is 116 cm³/mol. The van der Waals surface area contributed by atoms with E-state index in [0.717, 1.165) is 47.9 Å². The van der Waals surface area contributed by atoms with Crippen LogP contribution in [0.15, 0.2) is 54.3 Å². The fourth-order valence-corrected chi connectivity index (χ4v) is 3.91. The molecule has 0 aliphatic carbocycles. The number of nitrogens with zero attached hydrogens (tertiary/aromatic N) is 4. The van der Waals surface area contributed by atoms with Crippen molar-refractivity contribution in [3.05, 3.63) is 65.1 Å². The minimum absolute atomic E-state index is 0.0442. The number of nitriles is 1. The molecule has 2 aromatic carbocycles. The Kier molecular flexibility index (Phi) is 5.43. The molecular weight excluding hydrogens is 386 g/mol. The Morgan fingerprint density at radius 2 is 1.93 bits per heavy atom. The minimum Gasteiger partial charge on any atom is -0.509 e. The second kappa shape index (κ2) is 8.16. The average Bonchev–Trinajstić information content (AvgIpc) is 3.17. The van der Waals surface area contributed by atoms with Crippen molar-refractivity contribution in [2.24, 2.45) is 0 Å². The maximum Gasteiger partial charge on any atom is 0.152 e. The number of hydrogen-bond donors (Lipinski definition) is 2. The van der Waals surface area contributed by atoms with E-state index in [9.17, 15) is 10.4 Å². The lowest BCUT2D eigenvalue weighted by atomic mass is 10.1. The van der Waals surface area contributed by atoms with Crippen LogP contribution in [0.3, 0.4) is 0 Å². The highest BCUT2D eigenvalue weighted by atomic mass is 35.5. The molecule has 29 heavy (non-hydrogen) atoms. The SMILES string of the molecule is C[C@H](/C(O)=C(\C#N)c1nc2ccccc2[nH]1)N1CCN(c2cccc(Cl)c2)CC1. The first kappa shape index (κ1) is 19.3. The molecule has 1 saturated heterocycles. The van der Waals surface area contributed by atoms with Gasteiger partial charge in [0.05, 0.1) is 17.1 Å². The molecule has 1 aliphatic heterocycles. The Hall–Kier alpha value is -3.01. The molecule has 4 rings (SSSR count). The van der Waals surface area contributed by atoms with Crippen LogP contribution in [0.5, 0.6) is 0 Å². The van der Waals surface area contributed by atoms with Gasteiger partial charge in [0, 0.05) is 36.9 Å². The smallest absolute Gasteiger partial charge is 0.152 e. The highest BCUT2D eigenvalue weighted by molar-refractivity contribution is 6.30. The first-order valence-electron chi connectivity index (χ1n) is 9.59. The summed E-state index contributed by atoms with van der Waals surface area (Å²) in [6.45, 7) is 5.12. The monoisotopic (exact) mass is 407 g/mol. The molecule has 0 bridgehead atoms. The number of piperazine rings is 1. The minimum atomic E-state index is -0.278. The number of para-hydroxylation sites is 2. The summed E-state index contributed by atoms with van der Waals surface area (Å²) < 4.78 is 0. The topological polar surface area (TPSA) is 79.2 Å². The largest absolute Gasteiger partial charge is 0.509 e. The van der Waals surface area contributed by atoms with Crippen molar-refractivity contribution in [1.82, 2.24) is 14.9 Å². The Bertz CT molecular complexity index is 1060. The second-order valence-electron chi connectivity index (χ2n) is 7.15. The van der Waals surface area contributed by atoms with Crippen LogP contribution >= 0.6 is 11.6 Å². The lowest BCUT2D eigenvalue weighted by Crippen LogP contribution is -2.50. The van der Waals surface area contributed by atoms with Gasteiger partial charge in [-0.2, -0.15) is 5.26 Å². The van der Waals surface area contributed by atoms with E-state index in [4.69, 9.17) is 11.6 Å². The zero-order chi connectivity index (χ0) is 20.4. The standard InChI is InChI=1S/C22H22ClN5O/c1-15(27-9-11-28(12-10-27)17-6-4-5-16(23)13-17)21(29)18(14-24)22-25-19-7-2-3-8-20(19)26-22/h2-8,13,15,29H,9-12H2,1H3,(H,25,26)/b21-18-/t15-/m1/s1. The summed E-state index contributed by atoms with van der Waals surface area (Å²) in [7, 11) is 0. The third-order valence-corrected chi connectivity index (χ3v) is 5.66. The van der Waals surface area contributed by atoms with Crippen molar-refractivity contribution < 1.29 is 5.11 Å². The molecule has 0 unspecified atom stereocenters. The number of allylic oxidation sites excluding steroid dienone is 1. The number of imidazole rings is 1. The van der Waals surface area contributed by atoms with Gasteiger partial charge in [0.25, 0.3) is 0 Å². The number of benzene rings is 2. The molecule has 0 saturated carbocycles. The van der Waals surface area contributed by atoms with Gasteiger partial charge in [-0.25, -0.2) is 4.98 Å². The van der Waals surface area contributed by atoms with E-state index in [2.05, 4.69) is 31.9 Å². The molecule has 6 nitrogen and oxygen atoms in total. The molecular formula is C22H22ClN5O. The summed E-state index contributed by atoms with van der Waals surface area (Å²) in [5, 5.41) is 21.2. The molecule has 1 fully saturated rings. The van der Waals surface area contributed by atoms with E-state index >= 15 is 0 Å². The van der Waals surface area contributed by atoms with Gasteiger partial charge in [-0.05, 0) is 37.3 Å². The first-order chi connectivity index (χ1) is 14.1. The molecule has 7 heteroatoms. The summed E-state index contributed by atoms with van der Waals surface area (Å²) in [6, 6.07) is 17.3. The normalized spacial score (nSPS) is 17.1. The van der Waals surface area contributed by atoms with Crippen LogP contribution in [-0.2, 0) is 0 Å².